The fourth-order valence-electron chi connectivity index (χ4n) is 4.31. The van der Waals surface area contributed by atoms with Crippen molar-refractivity contribution in [1.82, 2.24) is 19.7 Å². The van der Waals surface area contributed by atoms with E-state index in [1.165, 1.54) is 38.9 Å². The maximum Gasteiger partial charge on any atom is 0.243 e. The Labute approximate surface area is 231 Å². The smallest absolute Gasteiger partial charge is 0.243 e. The van der Waals surface area contributed by atoms with Crippen molar-refractivity contribution >= 4 is 16.0 Å². The number of sulfonamides is 1. The Kier molecular flexibility index (Phi) is 8.32. The van der Waals surface area contributed by atoms with Gasteiger partial charge in [0, 0.05) is 30.6 Å². The van der Waals surface area contributed by atoms with Gasteiger partial charge < -0.3 is 14.2 Å². The van der Waals surface area contributed by atoms with E-state index in [4.69, 9.17) is 14.2 Å². The van der Waals surface area contributed by atoms with Crippen LogP contribution in [0.15, 0.2) is 54.9 Å². The zero-order valence-electron chi connectivity index (χ0n) is 22.4. The van der Waals surface area contributed by atoms with Crippen LogP contribution in [0.4, 0.5) is 10.3 Å². The van der Waals surface area contributed by atoms with Crippen LogP contribution in [-0.2, 0) is 14.8 Å². The standard InChI is InChI=1S/C27H27FN6O5S/c1-16-11-19(15-30-14-16)26-31-32-27(34(26)24-22(37-3)7-6-8-23(24)38-4)33-40(35,36)17(2)25(39-5)21-10-9-20(28)12-18(21)13-29/h6-12,14-15,17,25H,1-5H3,(H,32,33)/t17-,25+/m1/s1. The van der Waals surface area contributed by atoms with E-state index in [2.05, 4.69) is 19.9 Å². The van der Waals surface area contributed by atoms with Gasteiger partial charge in [-0.3, -0.25) is 14.3 Å². The maximum absolute atomic E-state index is 13.8. The quantitative estimate of drug-likeness (QED) is 0.299. The van der Waals surface area contributed by atoms with E-state index in [0.717, 1.165) is 17.7 Å². The summed E-state index contributed by atoms with van der Waals surface area (Å²) >= 11 is 0. The second kappa shape index (κ2) is 11.7. The van der Waals surface area contributed by atoms with Gasteiger partial charge in [0.1, 0.15) is 34.4 Å². The summed E-state index contributed by atoms with van der Waals surface area (Å²) in [6.07, 6.45) is 2.15. The third kappa shape index (κ3) is 5.45. The average molecular weight is 567 g/mol. The summed E-state index contributed by atoms with van der Waals surface area (Å²) in [6, 6.07) is 12.3. The molecule has 1 N–H and O–H groups in total. The molecule has 11 nitrogen and oxygen atoms in total. The molecule has 2 aromatic heterocycles. The normalized spacial score (nSPS) is 12.8. The van der Waals surface area contributed by atoms with Crippen molar-refractivity contribution in [3.63, 3.8) is 0 Å². The van der Waals surface area contributed by atoms with Crippen LogP contribution in [0.1, 0.15) is 29.7 Å². The van der Waals surface area contributed by atoms with Crippen molar-refractivity contribution in [1.29, 1.82) is 5.26 Å². The van der Waals surface area contributed by atoms with Gasteiger partial charge in [-0.15, -0.1) is 10.2 Å². The number of aromatic nitrogens is 4. The first-order chi connectivity index (χ1) is 19.1. The van der Waals surface area contributed by atoms with Crippen LogP contribution in [-0.4, -0.2) is 54.7 Å². The first kappa shape index (κ1) is 28.5. The number of nitrogens with one attached hydrogen (secondary N) is 1. The lowest BCUT2D eigenvalue weighted by molar-refractivity contribution is 0.102. The van der Waals surface area contributed by atoms with Crippen molar-refractivity contribution in [2.45, 2.75) is 25.2 Å². The zero-order valence-corrected chi connectivity index (χ0v) is 23.2. The largest absolute Gasteiger partial charge is 0.494 e. The van der Waals surface area contributed by atoms with E-state index < -0.39 is 27.2 Å². The van der Waals surface area contributed by atoms with Crippen LogP contribution in [0.3, 0.4) is 0 Å². The van der Waals surface area contributed by atoms with Crippen LogP contribution in [0, 0.1) is 24.1 Å². The van der Waals surface area contributed by atoms with Crippen molar-refractivity contribution in [2.75, 3.05) is 26.1 Å². The zero-order chi connectivity index (χ0) is 29.0. The number of nitrogens with zero attached hydrogens (tertiary/aromatic N) is 5. The van der Waals surface area contributed by atoms with Crippen molar-refractivity contribution in [2.24, 2.45) is 0 Å². The number of benzene rings is 2. The van der Waals surface area contributed by atoms with Gasteiger partial charge in [-0.25, -0.2) is 12.8 Å². The molecule has 0 aliphatic rings. The van der Waals surface area contributed by atoms with Gasteiger partial charge in [-0.05, 0) is 49.7 Å². The molecular formula is C27H27FN6O5S. The highest BCUT2D eigenvalue weighted by Crippen LogP contribution is 2.38. The van der Waals surface area contributed by atoms with Gasteiger partial charge in [-0.2, -0.15) is 5.26 Å². The summed E-state index contributed by atoms with van der Waals surface area (Å²) in [7, 11) is 0.00505. The molecule has 0 aliphatic carbocycles. The van der Waals surface area contributed by atoms with Crippen molar-refractivity contribution < 1.29 is 27.0 Å². The van der Waals surface area contributed by atoms with Crippen molar-refractivity contribution in [3.05, 3.63) is 77.4 Å². The molecule has 0 spiro atoms. The van der Waals surface area contributed by atoms with E-state index in [0.29, 0.717) is 22.7 Å². The highest BCUT2D eigenvalue weighted by Gasteiger charge is 2.35. The Morgan fingerprint density at radius 3 is 2.35 bits per heavy atom. The molecule has 0 saturated carbocycles. The molecule has 0 bridgehead atoms. The van der Waals surface area contributed by atoms with Gasteiger partial charge >= 0.3 is 0 Å². The van der Waals surface area contributed by atoms with Gasteiger partial charge in [0.05, 0.1) is 25.9 Å². The van der Waals surface area contributed by atoms with Crippen LogP contribution < -0.4 is 14.2 Å². The molecule has 13 heteroatoms. The minimum atomic E-state index is -4.25. The Bertz CT molecular complexity index is 1660. The summed E-state index contributed by atoms with van der Waals surface area (Å²) in [4.78, 5) is 4.23. The SMILES string of the molecule is COc1cccc(OC)c1-n1c(NS(=O)(=O)[C@H](C)[C@H](OC)c2ccc(F)cc2C#N)nnc1-c1cncc(C)c1. The molecule has 208 valence electrons. The van der Waals surface area contributed by atoms with Crippen LogP contribution in [0.25, 0.3) is 17.1 Å². The average Bonchev–Trinajstić information content (AvgIpc) is 3.35. The lowest BCUT2D eigenvalue weighted by atomic mass is 10.0. The number of rotatable bonds is 10. The van der Waals surface area contributed by atoms with E-state index in [9.17, 15) is 18.1 Å². The first-order valence-corrected chi connectivity index (χ1v) is 13.5. The predicted molar refractivity (Wildman–Crippen MR) is 145 cm³/mol. The molecule has 0 unspecified atom stereocenters. The van der Waals surface area contributed by atoms with Crippen LogP contribution in [0.2, 0.25) is 0 Å². The number of para-hydroxylation sites is 1. The van der Waals surface area contributed by atoms with Gasteiger partial charge in [0.25, 0.3) is 0 Å². The number of hydrogen-bond acceptors (Lipinski definition) is 9. The summed E-state index contributed by atoms with van der Waals surface area (Å²) in [5, 5.41) is 16.7. The molecule has 4 rings (SSSR count). The molecular weight excluding hydrogens is 539 g/mol. The summed E-state index contributed by atoms with van der Waals surface area (Å²) in [6.45, 7) is 3.28. The Morgan fingerprint density at radius 2 is 1.75 bits per heavy atom. The molecule has 0 amide bonds. The van der Waals surface area contributed by atoms with Crippen molar-refractivity contribution in [3.8, 4) is 34.6 Å². The van der Waals surface area contributed by atoms with Gasteiger partial charge in [0.15, 0.2) is 5.82 Å². The number of anilines is 1. The number of hydrogen-bond donors (Lipinski definition) is 1. The minimum Gasteiger partial charge on any atom is -0.494 e. The number of ether oxygens (including phenoxy) is 3. The fourth-order valence-corrected chi connectivity index (χ4v) is 5.46. The second-order valence-corrected chi connectivity index (χ2v) is 10.8. The van der Waals surface area contributed by atoms with E-state index in [1.807, 2.05) is 19.1 Å². The molecule has 2 heterocycles. The highest BCUT2D eigenvalue weighted by atomic mass is 32.2. The molecule has 4 aromatic rings. The van der Waals surface area contributed by atoms with E-state index in [-0.39, 0.29) is 22.9 Å². The topological polar surface area (TPSA) is 141 Å². The second-order valence-electron chi connectivity index (χ2n) is 8.80. The fraction of sp³-hybridized carbons (Fsp3) is 0.259. The molecule has 40 heavy (non-hydrogen) atoms. The number of methoxy groups -OCH3 is 3. The number of nitriles is 1. The third-order valence-electron chi connectivity index (χ3n) is 6.27. The highest BCUT2D eigenvalue weighted by molar-refractivity contribution is 7.93. The molecule has 2 atom stereocenters. The number of halogens is 1. The monoisotopic (exact) mass is 566 g/mol. The third-order valence-corrected chi connectivity index (χ3v) is 7.96. The Morgan fingerprint density at radius 1 is 1.05 bits per heavy atom. The number of pyridine rings is 1. The molecule has 0 radical (unpaired) electrons. The maximum atomic E-state index is 13.8. The Hall–Kier alpha value is -4.54. The summed E-state index contributed by atoms with van der Waals surface area (Å²) < 4.78 is 61.9. The van der Waals surface area contributed by atoms with Gasteiger partial charge in [-0.1, -0.05) is 12.1 Å². The molecule has 0 fully saturated rings. The number of aryl methyl sites for hydroxylation is 1. The van der Waals surface area contributed by atoms with Crippen LogP contribution >= 0.6 is 0 Å². The summed E-state index contributed by atoms with van der Waals surface area (Å²) in [5.74, 6) is 0.239. The van der Waals surface area contributed by atoms with Crippen LogP contribution in [0.5, 0.6) is 11.5 Å². The Balaban J connectivity index is 1.86. The van der Waals surface area contributed by atoms with Gasteiger partial charge in [0.2, 0.25) is 16.0 Å². The first-order valence-electron chi connectivity index (χ1n) is 12.0. The molecule has 0 aliphatic heterocycles. The lowest BCUT2D eigenvalue weighted by Crippen LogP contribution is -2.33. The predicted octanol–water partition coefficient (Wildman–Crippen LogP) is 4.18. The lowest BCUT2D eigenvalue weighted by Gasteiger charge is -2.24. The van der Waals surface area contributed by atoms with E-state index >= 15 is 0 Å². The molecule has 2 aromatic carbocycles. The summed E-state index contributed by atoms with van der Waals surface area (Å²) in [5.41, 5.74) is 1.96. The minimum absolute atomic E-state index is 0.0370. The van der Waals surface area contributed by atoms with E-state index in [1.54, 1.807) is 30.6 Å². The molecule has 0 saturated heterocycles.